The molecule has 0 bridgehead atoms. The summed E-state index contributed by atoms with van der Waals surface area (Å²) < 4.78 is 22.5. The summed E-state index contributed by atoms with van der Waals surface area (Å²) in [5.41, 5.74) is 9.38. The quantitative estimate of drug-likeness (QED) is 0.177. The Morgan fingerprint density at radius 3 is 1.98 bits per heavy atom. The molecule has 1 aliphatic rings. The van der Waals surface area contributed by atoms with Crippen LogP contribution in [0, 0.1) is 0 Å². The maximum atomic E-state index is 6.99. The Balaban J connectivity index is 1.08. The van der Waals surface area contributed by atoms with Crippen LogP contribution in [-0.4, -0.2) is 16.2 Å². The lowest BCUT2D eigenvalue weighted by Crippen LogP contribution is -2.23. The van der Waals surface area contributed by atoms with Crippen molar-refractivity contribution < 1.29 is 13.6 Å². The van der Waals surface area contributed by atoms with Crippen molar-refractivity contribution in [3.63, 3.8) is 0 Å². The van der Waals surface area contributed by atoms with Crippen LogP contribution in [0.1, 0.15) is 0 Å². The van der Waals surface area contributed by atoms with Crippen molar-refractivity contribution in [1.82, 2.24) is 9.55 Å². The Morgan fingerprint density at radius 1 is 0.473 bits per heavy atom. The molecule has 0 spiro atoms. The second kappa shape index (κ2) is 11.5. The van der Waals surface area contributed by atoms with Gasteiger partial charge in [0.25, 0.3) is 0 Å². The molecule has 12 rings (SSSR count). The molecule has 55 heavy (non-hydrogen) atoms. The van der Waals surface area contributed by atoms with Crippen LogP contribution in [0.4, 0.5) is 22.7 Å². The first-order valence-corrected chi connectivity index (χ1v) is 18.4. The van der Waals surface area contributed by atoms with Crippen molar-refractivity contribution in [3.8, 4) is 17.3 Å². The van der Waals surface area contributed by atoms with E-state index < -0.39 is 0 Å². The van der Waals surface area contributed by atoms with Crippen LogP contribution in [0.5, 0.6) is 11.5 Å². The molecule has 1 aliphatic heterocycles. The van der Waals surface area contributed by atoms with E-state index in [9.17, 15) is 0 Å². The van der Waals surface area contributed by atoms with Gasteiger partial charge in [0.2, 0.25) is 0 Å². The van der Waals surface area contributed by atoms with Crippen LogP contribution < -0.4 is 14.5 Å². The molecule has 11 aromatic rings. The molecule has 4 aromatic heterocycles. The summed E-state index contributed by atoms with van der Waals surface area (Å²) in [7, 11) is 0. The summed E-state index contributed by atoms with van der Waals surface area (Å²) in [5, 5.41) is 6.27. The second-order valence-electron chi connectivity index (χ2n) is 14.0. The molecule has 0 N–H and O–H groups in total. The van der Waals surface area contributed by atoms with E-state index in [2.05, 4.69) is 136 Å². The standard InChI is InChI=1S/C48H30N4O3/c1-2-12-30(13-3-1)50-29-51(41-18-8-7-17-40(41)50)31-26-38-37-24-23-36-35-15-5-9-19-43(35)54-47(36)48(37)55-46(38)44(27-31)53-32-21-22-34-33-14-4-6-16-39(33)52(42(34)28-32)45-20-10-11-25-49-45/h1-28H,29H2. The Kier molecular flexibility index (Phi) is 6.27. The third-order valence-electron chi connectivity index (χ3n) is 10.9. The zero-order valence-corrected chi connectivity index (χ0v) is 29.4. The molecule has 7 heteroatoms. The molecule has 0 saturated heterocycles. The average Bonchev–Trinajstić information content (AvgIpc) is 4.01. The molecule has 0 amide bonds. The summed E-state index contributed by atoms with van der Waals surface area (Å²) in [5.74, 6) is 2.15. The molecule has 7 nitrogen and oxygen atoms in total. The van der Waals surface area contributed by atoms with Crippen LogP contribution in [0.2, 0.25) is 0 Å². The number of furan rings is 2. The molecule has 7 aromatic carbocycles. The van der Waals surface area contributed by atoms with E-state index in [-0.39, 0.29) is 0 Å². The third kappa shape index (κ3) is 4.47. The van der Waals surface area contributed by atoms with Crippen molar-refractivity contribution in [2.45, 2.75) is 0 Å². The summed E-state index contributed by atoms with van der Waals surface area (Å²) in [6.45, 7) is 0.633. The molecule has 260 valence electrons. The van der Waals surface area contributed by atoms with E-state index in [1.807, 2.05) is 48.7 Å². The number of ether oxygens (including phenoxy) is 1. The number of hydrogen-bond donors (Lipinski definition) is 0. The van der Waals surface area contributed by atoms with Crippen LogP contribution in [-0.2, 0) is 0 Å². The summed E-state index contributed by atoms with van der Waals surface area (Å²) in [6.07, 6.45) is 1.83. The number of pyridine rings is 1. The Morgan fingerprint density at radius 2 is 1.15 bits per heavy atom. The highest BCUT2D eigenvalue weighted by Gasteiger charge is 2.30. The van der Waals surface area contributed by atoms with E-state index in [0.717, 1.165) is 83.1 Å². The Bertz CT molecular complexity index is 3290. The van der Waals surface area contributed by atoms with Gasteiger partial charge in [-0.3, -0.25) is 4.57 Å². The normalized spacial score (nSPS) is 12.9. The minimum atomic E-state index is 0.614. The Hall–Kier alpha value is -7.51. The highest BCUT2D eigenvalue weighted by Crippen LogP contribution is 2.49. The van der Waals surface area contributed by atoms with Crippen molar-refractivity contribution in [2.24, 2.45) is 0 Å². The fourth-order valence-electron chi connectivity index (χ4n) is 8.44. The molecule has 0 aliphatic carbocycles. The smallest absolute Gasteiger partial charge is 0.178 e. The summed E-state index contributed by atoms with van der Waals surface area (Å²) >= 11 is 0. The highest BCUT2D eigenvalue weighted by molar-refractivity contribution is 6.20. The fraction of sp³-hybridized carbons (Fsp3) is 0.0208. The van der Waals surface area contributed by atoms with Gasteiger partial charge in [-0.25, -0.2) is 4.98 Å². The number of anilines is 4. The monoisotopic (exact) mass is 710 g/mol. The molecule has 5 heterocycles. The lowest BCUT2D eigenvalue weighted by atomic mass is 10.1. The van der Waals surface area contributed by atoms with Gasteiger partial charge in [-0.05, 0) is 78.9 Å². The SMILES string of the molecule is c1ccc(N2CN(c3cc(Oc4ccc5c6ccccc6n(-c6ccccn6)c5c4)c4oc5c(ccc6c7ccccc7oc65)c4c3)c3ccccc32)cc1. The predicted molar refractivity (Wildman–Crippen MR) is 222 cm³/mol. The van der Waals surface area contributed by atoms with Crippen LogP contribution in [0.15, 0.2) is 179 Å². The second-order valence-corrected chi connectivity index (χ2v) is 14.0. The minimum absolute atomic E-state index is 0.614. The molecule has 0 fully saturated rings. The van der Waals surface area contributed by atoms with Gasteiger partial charge in [-0.2, -0.15) is 0 Å². The van der Waals surface area contributed by atoms with Gasteiger partial charge in [0.1, 0.15) is 23.8 Å². The zero-order valence-electron chi connectivity index (χ0n) is 29.4. The number of aromatic nitrogens is 2. The maximum Gasteiger partial charge on any atom is 0.178 e. The number of nitrogens with zero attached hydrogens (tertiary/aromatic N) is 4. The topological polar surface area (TPSA) is 59.8 Å². The average molecular weight is 711 g/mol. The fourth-order valence-corrected chi connectivity index (χ4v) is 8.44. The molecule has 0 unspecified atom stereocenters. The number of rotatable bonds is 5. The van der Waals surface area contributed by atoms with Gasteiger partial charge in [0, 0.05) is 62.0 Å². The molecule has 0 saturated carbocycles. The van der Waals surface area contributed by atoms with E-state index in [0.29, 0.717) is 29.3 Å². The first-order chi connectivity index (χ1) is 27.3. The molecular weight excluding hydrogens is 681 g/mol. The van der Waals surface area contributed by atoms with Gasteiger partial charge in [-0.1, -0.05) is 72.8 Å². The molecule has 0 radical (unpaired) electrons. The predicted octanol–water partition coefficient (Wildman–Crippen LogP) is 13.0. The van der Waals surface area contributed by atoms with Crippen molar-refractivity contribution in [1.29, 1.82) is 0 Å². The molecular formula is C48H30N4O3. The van der Waals surface area contributed by atoms with Crippen LogP contribution in [0.25, 0.3) is 71.5 Å². The first-order valence-electron chi connectivity index (χ1n) is 18.4. The largest absolute Gasteiger partial charge is 0.453 e. The van der Waals surface area contributed by atoms with E-state index in [1.54, 1.807) is 0 Å². The zero-order chi connectivity index (χ0) is 36.0. The summed E-state index contributed by atoms with van der Waals surface area (Å²) in [6, 6.07) is 56.5. The minimum Gasteiger partial charge on any atom is -0.453 e. The Labute approximate surface area is 314 Å². The molecule has 0 atom stereocenters. The third-order valence-corrected chi connectivity index (χ3v) is 10.9. The van der Waals surface area contributed by atoms with Gasteiger partial charge in [0.05, 0.1) is 22.4 Å². The van der Waals surface area contributed by atoms with Gasteiger partial charge < -0.3 is 23.4 Å². The van der Waals surface area contributed by atoms with Gasteiger partial charge in [0.15, 0.2) is 22.5 Å². The van der Waals surface area contributed by atoms with E-state index in [4.69, 9.17) is 18.6 Å². The van der Waals surface area contributed by atoms with Crippen molar-refractivity contribution >= 4 is 88.4 Å². The van der Waals surface area contributed by atoms with Crippen LogP contribution >= 0.6 is 0 Å². The van der Waals surface area contributed by atoms with Crippen molar-refractivity contribution in [3.05, 3.63) is 170 Å². The van der Waals surface area contributed by atoms with Gasteiger partial charge in [-0.15, -0.1) is 0 Å². The lowest BCUT2D eigenvalue weighted by molar-refractivity contribution is 0.477. The number of hydrogen-bond acceptors (Lipinski definition) is 6. The number of fused-ring (bicyclic) bond motifs is 11. The van der Waals surface area contributed by atoms with Crippen molar-refractivity contribution in [2.75, 3.05) is 16.5 Å². The maximum absolute atomic E-state index is 6.99. The lowest BCUT2D eigenvalue weighted by Gasteiger charge is -2.22. The van der Waals surface area contributed by atoms with Gasteiger partial charge >= 0.3 is 0 Å². The van der Waals surface area contributed by atoms with E-state index >= 15 is 0 Å². The van der Waals surface area contributed by atoms with E-state index in [1.165, 1.54) is 0 Å². The highest BCUT2D eigenvalue weighted by atomic mass is 16.5. The number of para-hydroxylation sites is 5. The first kappa shape index (κ1) is 30.0. The summed E-state index contributed by atoms with van der Waals surface area (Å²) in [4.78, 5) is 9.42. The van der Waals surface area contributed by atoms with Crippen LogP contribution in [0.3, 0.4) is 0 Å². The number of benzene rings is 7.